The lowest BCUT2D eigenvalue weighted by atomic mass is 10.1. The second-order valence-electron chi connectivity index (χ2n) is 7.78. The summed E-state index contributed by atoms with van der Waals surface area (Å²) in [5, 5.41) is -0.444. The normalized spacial score (nSPS) is 12.2. The maximum atomic E-state index is 6.07. The lowest BCUT2D eigenvalue weighted by Crippen LogP contribution is -2.14. The fraction of sp³-hybridized carbons (Fsp3) is 0.240. The highest BCUT2D eigenvalue weighted by Crippen LogP contribution is 2.32. The Hall–Kier alpha value is -2.84. The number of H-pyrrole nitrogens is 1. The molecule has 0 radical (unpaired) electrons. The highest BCUT2D eigenvalue weighted by molar-refractivity contribution is 7.18. The minimum Gasteiger partial charge on any atom is -0.484 e. The van der Waals surface area contributed by atoms with E-state index >= 15 is 0 Å². The Labute approximate surface area is 182 Å². The van der Waals surface area contributed by atoms with Crippen molar-refractivity contribution in [2.75, 3.05) is 0 Å². The van der Waals surface area contributed by atoms with Gasteiger partial charge in [-0.25, -0.2) is 4.98 Å². The Morgan fingerprint density at radius 1 is 1.27 bits per heavy atom. The monoisotopic (exact) mass is 422 g/mol. The highest BCUT2D eigenvalue weighted by Gasteiger charge is 2.19. The average Bonchev–Trinajstić information content (AvgIpc) is 3.23. The topological polar surface area (TPSA) is 51.0 Å². The fourth-order valence-corrected chi connectivity index (χ4v) is 2.87. The van der Waals surface area contributed by atoms with Gasteiger partial charge in [0.05, 0.1) is 11.3 Å². The number of allylic oxidation sites excluding steroid dienone is 7. The Morgan fingerprint density at radius 2 is 1.97 bits per heavy atom. The minimum atomic E-state index is -0.444. The van der Waals surface area contributed by atoms with Gasteiger partial charge in [0, 0.05) is 12.1 Å². The molecule has 2 aromatic rings. The molecule has 0 amide bonds. The van der Waals surface area contributed by atoms with Crippen molar-refractivity contribution in [3.8, 4) is 11.6 Å². The van der Waals surface area contributed by atoms with Crippen LogP contribution < -0.4 is 0 Å². The Bertz CT molecular complexity index is 1030. The zero-order valence-corrected chi connectivity index (χ0v) is 19.5. The average molecular weight is 423 g/mol. The zero-order chi connectivity index (χ0) is 22.5. The number of aromatic amines is 1. The summed E-state index contributed by atoms with van der Waals surface area (Å²) in [6.45, 7) is 23.6. The SMILES string of the molecule is C=C/C=C(\C(=C)OC(C)(C)P)c1ccc(-c2nc(CC(=C)/C=C\C(=C)C)c(C)[nH]2)o1. The van der Waals surface area contributed by atoms with Gasteiger partial charge in [-0.15, -0.1) is 0 Å². The first-order valence-electron chi connectivity index (χ1n) is 9.67. The van der Waals surface area contributed by atoms with E-state index in [1.165, 1.54) is 0 Å². The van der Waals surface area contributed by atoms with Crippen LogP contribution in [0.3, 0.4) is 0 Å². The van der Waals surface area contributed by atoms with Crippen molar-refractivity contribution in [1.29, 1.82) is 0 Å². The van der Waals surface area contributed by atoms with Crippen LogP contribution in [0.2, 0.25) is 0 Å². The van der Waals surface area contributed by atoms with Gasteiger partial charge < -0.3 is 14.1 Å². The first kappa shape index (κ1) is 23.4. The lowest BCUT2D eigenvalue weighted by molar-refractivity contribution is 0.129. The van der Waals surface area contributed by atoms with E-state index in [1.807, 2.05) is 58.1 Å². The number of ether oxygens (including phenoxy) is 1. The molecular formula is C25H31N2O2P. The van der Waals surface area contributed by atoms with Crippen LogP contribution >= 0.6 is 9.24 Å². The number of nitrogens with zero attached hydrogens (tertiary/aromatic N) is 1. The van der Waals surface area contributed by atoms with E-state index in [2.05, 4.69) is 40.5 Å². The molecular weight excluding hydrogens is 391 g/mol. The van der Waals surface area contributed by atoms with E-state index in [0.29, 0.717) is 29.5 Å². The molecule has 2 rings (SSSR count). The number of hydrogen-bond donors (Lipinski definition) is 1. The largest absolute Gasteiger partial charge is 0.484 e. The molecule has 0 bridgehead atoms. The van der Waals surface area contributed by atoms with Crippen molar-refractivity contribution in [3.63, 3.8) is 0 Å². The molecule has 0 saturated carbocycles. The summed E-state index contributed by atoms with van der Waals surface area (Å²) in [6, 6.07) is 3.75. The maximum absolute atomic E-state index is 6.07. The standard InChI is InChI=1S/C25H31N2O2P/c1-9-10-20(19(6)29-25(7,8)30)22-13-14-23(28-22)24-26-18(5)21(27-24)15-17(4)12-11-16(2)3/h9-14H,1-2,4,6,15,30H2,3,5,7-8H3,(H,26,27)/b12-11-,20-10+. The van der Waals surface area contributed by atoms with Crippen LogP contribution in [-0.2, 0) is 11.2 Å². The lowest BCUT2D eigenvalue weighted by Gasteiger charge is -2.23. The van der Waals surface area contributed by atoms with Gasteiger partial charge in [-0.2, -0.15) is 0 Å². The van der Waals surface area contributed by atoms with Crippen LogP contribution in [0.1, 0.15) is 37.9 Å². The van der Waals surface area contributed by atoms with E-state index in [-0.39, 0.29) is 0 Å². The van der Waals surface area contributed by atoms with E-state index < -0.39 is 5.34 Å². The van der Waals surface area contributed by atoms with E-state index in [1.54, 1.807) is 6.08 Å². The van der Waals surface area contributed by atoms with Gasteiger partial charge in [0.25, 0.3) is 0 Å². The van der Waals surface area contributed by atoms with Gasteiger partial charge in [-0.05, 0) is 51.5 Å². The second-order valence-corrected chi connectivity index (χ2v) is 9.17. The van der Waals surface area contributed by atoms with Crippen LogP contribution in [0.15, 0.2) is 84.1 Å². The summed E-state index contributed by atoms with van der Waals surface area (Å²) in [4.78, 5) is 8.01. The van der Waals surface area contributed by atoms with Crippen molar-refractivity contribution in [1.82, 2.24) is 9.97 Å². The summed E-state index contributed by atoms with van der Waals surface area (Å²) >= 11 is 0. The first-order valence-corrected chi connectivity index (χ1v) is 10.2. The summed E-state index contributed by atoms with van der Waals surface area (Å²) in [7, 11) is 2.64. The maximum Gasteiger partial charge on any atom is 0.174 e. The third kappa shape index (κ3) is 6.60. The molecule has 0 saturated heterocycles. The molecule has 4 nitrogen and oxygen atoms in total. The number of furan rings is 1. The Morgan fingerprint density at radius 3 is 2.57 bits per heavy atom. The number of hydrogen-bond acceptors (Lipinski definition) is 3. The molecule has 0 aliphatic heterocycles. The van der Waals surface area contributed by atoms with E-state index in [0.717, 1.165) is 28.1 Å². The van der Waals surface area contributed by atoms with Crippen LogP contribution in [0.25, 0.3) is 17.2 Å². The second kappa shape index (κ2) is 9.77. The quantitative estimate of drug-likeness (QED) is 0.257. The van der Waals surface area contributed by atoms with Crippen LogP contribution in [-0.4, -0.2) is 15.3 Å². The molecule has 5 heteroatoms. The van der Waals surface area contributed by atoms with Crippen molar-refractivity contribution >= 4 is 14.8 Å². The molecule has 2 heterocycles. The van der Waals surface area contributed by atoms with Crippen LogP contribution in [0.4, 0.5) is 0 Å². The molecule has 0 fully saturated rings. The third-order valence-electron chi connectivity index (χ3n) is 4.06. The molecule has 158 valence electrons. The summed E-state index contributed by atoms with van der Waals surface area (Å²) in [5.74, 6) is 2.44. The smallest absolute Gasteiger partial charge is 0.174 e. The Balaban J connectivity index is 2.26. The number of rotatable bonds is 10. The number of aryl methyl sites for hydroxylation is 1. The molecule has 2 aromatic heterocycles. The van der Waals surface area contributed by atoms with Crippen LogP contribution in [0.5, 0.6) is 0 Å². The van der Waals surface area contributed by atoms with Gasteiger partial charge in [0.15, 0.2) is 11.6 Å². The third-order valence-corrected chi connectivity index (χ3v) is 4.18. The molecule has 30 heavy (non-hydrogen) atoms. The molecule has 0 aliphatic rings. The first-order chi connectivity index (χ1) is 14.0. The van der Waals surface area contributed by atoms with Gasteiger partial charge in [0.1, 0.15) is 16.9 Å². The summed E-state index contributed by atoms with van der Waals surface area (Å²) in [6.07, 6.45) is 8.06. The van der Waals surface area contributed by atoms with Crippen molar-refractivity contribution < 1.29 is 9.15 Å². The van der Waals surface area contributed by atoms with E-state index in [4.69, 9.17) is 14.1 Å². The molecule has 0 spiro atoms. The molecule has 1 atom stereocenters. The van der Waals surface area contributed by atoms with Gasteiger partial charge in [-0.3, -0.25) is 0 Å². The molecule has 1 unspecified atom stereocenters. The van der Waals surface area contributed by atoms with Gasteiger partial charge in [0.2, 0.25) is 0 Å². The minimum absolute atomic E-state index is 0.444. The predicted molar refractivity (Wildman–Crippen MR) is 130 cm³/mol. The summed E-state index contributed by atoms with van der Waals surface area (Å²) < 4.78 is 11.9. The number of aromatic nitrogens is 2. The summed E-state index contributed by atoms with van der Waals surface area (Å²) in [5.41, 5.74) is 4.58. The highest BCUT2D eigenvalue weighted by atomic mass is 31.0. The van der Waals surface area contributed by atoms with E-state index in [9.17, 15) is 0 Å². The zero-order valence-electron chi connectivity index (χ0n) is 18.3. The fourth-order valence-electron chi connectivity index (χ4n) is 2.73. The molecule has 1 N–H and O–H groups in total. The van der Waals surface area contributed by atoms with Crippen molar-refractivity contribution in [2.45, 2.75) is 39.5 Å². The van der Waals surface area contributed by atoms with Crippen LogP contribution in [0, 0.1) is 6.92 Å². The number of imidazole rings is 1. The van der Waals surface area contributed by atoms with Gasteiger partial charge >= 0.3 is 0 Å². The molecule has 0 aliphatic carbocycles. The molecule has 0 aromatic carbocycles. The Kier molecular flexibility index (Phi) is 7.64. The number of nitrogens with one attached hydrogen (secondary N) is 1. The van der Waals surface area contributed by atoms with Gasteiger partial charge in [-0.1, -0.05) is 59.4 Å². The predicted octanol–water partition coefficient (Wildman–Crippen LogP) is 6.92. The van der Waals surface area contributed by atoms with Crippen molar-refractivity contribution in [2.24, 2.45) is 0 Å². The van der Waals surface area contributed by atoms with Crippen molar-refractivity contribution in [3.05, 3.63) is 96.8 Å².